The third-order valence-electron chi connectivity index (χ3n) is 2.99. The Labute approximate surface area is 124 Å². The smallest absolute Gasteiger partial charge is 0.231 e. The van der Waals surface area contributed by atoms with Crippen LogP contribution in [0.15, 0.2) is 30.4 Å². The van der Waals surface area contributed by atoms with Crippen molar-refractivity contribution >= 4 is 5.91 Å². The molecule has 0 atom stereocenters. The number of hydrogen-bond acceptors (Lipinski definition) is 4. The molecule has 1 N–H and O–H groups in total. The van der Waals surface area contributed by atoms with Gasteiger partial charge in [-0.1, -0.05) is 18.2 Å². The van der Waals surface area contributed by atoms with Crippen molar-refractivity contribution in [1.29, 1.82) is 0 Å². The Morgan fingerprint density at radius 1 is 1.38 bits per heavy atom. The highest BCUT2D eigenvalue weighted by atomic mass is 16.7. The second-order valence-corrected chi connectivity index (χ2v) is 5.05. The van der Waals surface area contributed by atoms with Crippen LogP contribution in [0.2, 0.25) is 0 Å². The normalized spacial score (nSPS) is 12.2. The third-order valence-corrected chi connectivity index (χ3v) is 2.99. The summed E-state index contributed by atoms with van der Waals surface area (Å²) in [6.07, 6.45) is 1.12. The molecule has 0 saturated heterocycles. The maximum absolute atomic E-state index is 11.7. The zero-order valence-corrected chi connectivity index (χ0v) is 12.3. The maximum Gasteiger partial charge on any atom is 0.231 e. The second-order valence-electron chi connectivity index (χ2n) is 5.05. The number of carbonyl (C=O) groups excluding carboxylic acids is 1. The van der Waals surface area contributed by atoms with E-state index in [1.54, 1.807) is 0 Å². The molecule has 1 heterocycles. The first-order valence-electron chi connectivity index (χ1n) is 7.02. The van der Waals surface area contributed by atoms with Gasteiger partial charge in [-0.15, -0.1) is 0 Å². The molecule has 0 fully saturated rings. The van der Waals surface area contributed by atoms with Crippen LogP contribution < -0.4 is 14.8 Å². The van der Waals surface area contributed by atoms with E-state index in [0.29, 0.717) is 32.6 Å². The molecular formula is C16H21NO4. The summed E-state index contributed by atoms with van der Waals surface area (Å²) in [6, 6.07) is 5.75. The molecule has 21 heavy (non-hydrogen) atoms. The Morgan fingerprint density at radius 2 is 2.19 bits per heavy atom. The number of aryl methyl sites for hydroxylation is 1. The zero-order valence-electron chi connectivity index (χ0n) is 12.3. The minimum Gasteiger partial charge on any atom is -0.454 e. The van der Waals surface area contributed by atoms with Gasteiger partial charge >= 0.3 is 0 Å². The summed E-state index contributed by atoms with van der Waals surface area (Å²) in [5.41, 5.74) is 2.04. The van der Waals surface area contributed by atoms with E-state index in [1.807, 2.05) is 25.1 Å². The van der Waals surface area contributed by atoms with E-state index in [0.717, 1.165) is 22.6 Å². The molecule has 5 heteroatoms. The minimum atomic E-state index is 0.0200. The Morgan fingerprint density at radius 3 is 3.00 bits per heavy atom. The van der Waals surface area contributed by atoms with E-state index in [-0.39, 0.29) is 12.7 Å². The lowest BCUT2D eigenvalue weighted by Crippen LogP contribution is -2.27. The number of amides is 1. The summed E-state index contributed by atoms with van der Waals surface area (Å²) in [4.78, 5) is 11.7. The highest BCUT2D eigenvalue weighted by Crippen LogP contribution is 2.32. The number of fused-ring (bicyclic) bond motifs is 1. The van der Waals surface area contributed by atoms with Crippen LogP contribution in [0, 0.1) is 0 Å². The Balaban J connectivity index is 1.63. The van der Waals surface area contributed by atoms with Crippen LogP contribution in [0.4, 0.5) is 0 Å². The van der Waals surface area contributed by atoms with Crippen LogP contribution in [-0.4, -0.2) is 32.5 Å². The first kappa shape index (κ1) is 15.4. The Bertz CT molecular complexity index is 513. The van der Waals surface area contributed by atoms with Crippen molar-refractivity contribution in [2.24, 2.45) is 0 Å². The Hall–Kier alpha value is -2.01. The molecule has 1 aromatic carbocycles. The van der Waals surface area contributed by atoms with E-state index in [1.165, 1.54) is 0 Å². The third kappa shape index (κ3) is 5.11. The maximum atomic E-state index is 11.7. The zero-order chi connectivity index (χ0) is 15.1. The minimum absolute atomic E-state index is 0.0200. The van der Waals surface area contributed by atoms with Crippen molar-refractivity contribution in [1.82, 2.24) is 5.32 Å². The number of nitrogens with one attached hydrogen (secondary N) is 1. The van der Waals surface area contributed by atoms with Crippen LogP contribution >= 0.6 is 0 Å². The van der Waals surface area contributed by atoms with E-state index in [2.05, 4.69) is 11.9 Å². The lowest BCUT2D eigenvalue weighted by Gasteiger charge is -2.07. The van der Waals surface area contributed by atoms with Gasteiger partial charge in [0.1, 0.15) is 0 Å². The van der Waals surface area contributed by atoms with Crippen molar-refractivity contribution in [3.63, 3.8) is 0 Å². The molecule has 1 aliphatic heterocycles. The van der Waals surface area contributed by atoms with Crippen LogP contribution in [0.25, 0.3) is 0 Å². The quantitative estimate of drug-likeness (QED) is 0.588. The first-order chi connectivity index (χ1) is 10.1. The molecule has 1 amide bonds. The molecule has 0 unspecified atom stereocenters. The number of ether oxygens (including phenoxy) is 3. The number of carbonyl (C=O) groups is 1. The molecule has 2 rings (SSSR count). The SMILES string of the molecule is C=C(C)COCCNC(=O)CCc1ccc2c(c1)OCO2. The fourth-order valence-electron chi connectivity index (χ4n) is 1.95. The summed E-state index contributed by atoms with van der Waals surface area (Å²) in [7, 11) is 0. The fraction of sp³-hybridized carbons (Fsp3) is 0.438. The molecule has 114 valence electrons. The topological polar surface area (TPSA) is 56.8 Å². The van der Waals surface area contributed by atoms with Crippen LogP contribution in [0.5, 0.6) is 11.5 Å². The van der Waals surface area contributed by atoms with Gasteiger partial charge in [0.15, 0.2) is 11.5 Å². The van der Waals surface area contributed by atoms with E-state index in [9.17, 15) is 4.79 Å². The first-order valence-corrected chi connectivity index (χ1v) is 7.02. The second kappa shape index (κ2) is 7.69. The summed E-state index contributed by atoms with van der Waals surface area (Å²) < 4.78 is 15.9. The van der Waals surface area contributed by atoms with Gasteiger partial charge in [0, 0.05) is 13.0 Å². The molecule has 0 bridgehead atoms. The van der Waals surface area contributed by atoms with Crippen molar-refractivity contribution in [2.75, 3.05) is 26.6 Å². The standard InChI is InChI=1S/C16H21NO4/c1-12(2)10-19-8-7-17-16(18)6-4-13-3-5-14-15(9-13)21-11-20-14/h3,5,9H,1,4,6-8,10-11H2,2H3,(H,17,18). The van der Waals surface area contributed by atoms with E-state index < -0.39 is 0 Å². The lowest BCUT2D eigenvalue weighted by atomic mass is 10.1. The predicted molar refractivity (Wildman–Crippen MR) is 79.5 cm³/mol. The molecule has 5 nitrogen and oxygen atoms in total. The van der Waals surface area contributed by atoms with Crippen LogP contribution in [0.1, 0.15) is 18.9 Å². The van der Waals surface area contributed by atoms with E-state index in [4.69, 9.17) is 14.2 Å². The van der Waals surface area contributed by atoms with Gasteiger partial charge in [0.05, 0.1) is 13.2 Å². The van der Waals surface area contributed by atoms with Gasteiger partial charge < -0.3 is 19.5 Å². The average Bonchev–Trinajstić information content (AvgIpc) is 2.92. The molecule has 0 aliphatic carbocycles. The van der Waals surface area contributed by atoms with Crippen molar-refractivity contribution < 1.29 is 19.0 Å². The van der Waals surface area contributed by atoms with Crippen LogP contribution in [-0.2, 0) is 16.0 Å². The molecular weight excluding hydrogens is 270 g/mol. The summed E-state index contributed by atoms with van der Waals surface area (Å²) >= 11 is 0. The predicted octanol–water partition coefficient (Wildman–Crippen LogP) is 2.06. The van der Waals surface area contributed by atoms with Gasteiger partial charge in [-0.3, -0.25) is 4.79 Å². The lowest BCUT2D eigenvalue weighted by molar-refractivity contribution is -0.121. The molecule has 1 aromatic rings. The van der Waals surface area contributed by atoms with Gasteiger partial charge in [0.2, 0.25) is 12.7 Å². The van der Waals surface area contributed by atoms with Gasteiger partial charge in [0.25, 0.3) is 0 Å². The van der Waals surface area contributed by atoms with Gasteiger partial charge in [-0.05, 0) is 31.0 Å². The molecule has 1 aliphatic rings. The number of rotatable bonds is 8. The molecule has 0 spiro atoms. The van der Waals surface area contributed by atoms with Crippen molar-refractivity contribution in [3.8, 4) is 11.5 Å². The summed E-state index contributed by atoms with van der Waals surface area (Å²) in [5, 5.41) is 2.83. The molecule has 0 saturated carbocycles. The fourth-order valence-corrected chi connectivity index (χ4v) is 1.95. The average molecular weight is 291 g/mol. The van der Waals surface area contributed by atoms with Crippen molar-refractivity contribution in [3.05, 3.63) is 35.9 Å². The molecule has 0 radical (unpaired) electrons. The van der Waals surface area contributed by atoms with E-state index >= 15 is 0 Å². The largest absolute Gasteiger partial charge is 0.454 e. The summed E-state index contributed by atoms with van der Waals surface area (Å²) in [5.74, 6) is 1.53. The Kier molecular flexibility index (Phi) is 5.63. The number of hydrogen-bond donors (Lipinski definition) is 1. The highest BCUT2D eigenvalue weighted by molar-refractivity contribution is 5.76. The van der Waals surface area contributed by atoms with Crippen LogP contribution in [0.3, 0.4) is 0 Å². The number of benzene rings is 1. The van der Waals surface area contributed by atoms with Gasteiger partial charge in [-0.2, -0.15) is 0 Å². The van der Waals surface area contributed by atoms with Gasteiger partial charge in [-0.25, -0.2) is 0 Å². The monoisotopic (exact) mass is 291 g/mol. The summed E-state index contributed by atoms with van der Waals surface area (Å²) in [6.45, 7) is 7.48. The molecule has 0 aromatic heterocycles. The highest BCUT2D eigenvalue weighted by Gasteiger charge is 2.13. The van der Waals surface area contributed by atoms with Crippen molar-refractivity contribution in [2.45, 2.75) is 19.8 Å².